The van der Waals surface area contributed by atoms with E-state index in [1.165, 1.54) is 31.4 Å². The fraction of sp³-hybridized carbons (Fsp3) is 0.562. The maximum absolute atomic E-state index is 12.1. The molecule has 1 amide bonds. The summed E-state index contributed by atoms with van der Waals surface area (Å²) in [7, 11) is 0. The van der Waals surface area contributed by atoms with E-state index in [1.807, 2.05) is 0 Å². The first-order valence-corrected chi connectivity index (χ1v) is 7.75. The highest BCUT2D eigenvalue weighted by Crippen LogP contribution is 2.27. The molecule has 1 aliphatic rings. The summed E-state index contributed by atoms with van der Waals surface area (Å²) in [6.07, 6.45) is 5.27. The molecule has 1 saturated carbocycles. The number of amides is 1. The van der Waals surface area contributed by atoms with E-state index in [4.69, 9.17) is 4.74 Å². The first kappa shape index (κ1) is 16.3. The third-order valence-corrected chi connectivity index (χ3v) is 4.02. The number of nitrogens with one attached hydrogen (secondary N) is 1. The summed E-state index contributed by atoms with van der Waals surface area (Å²) in [6.45, 7) is 2.26. The van der Waals surface area contributed by atoms with E-state index in [0.717, 1.165) is 12.8 Å². The zero-order valence-corrected chi connectivity index (χ0v) is 12.8. The number of nitro groups is 1. The molecule has 1 atom stereocenters. The first-order valence-electron chi connectivity index (χ1n) is 7.75. The van der Waals surface area contributed by atoms with Crippen molar-refractivity contribution >= 4 is 11.6 Å². The second-order valence-corrected chi connectivity index (χ2v) is 5.73. The fourth-order valence-corrected chi connectivity index (χ4v) is 2.73. The molecule has 0 heterocycles. The topological polar surface area (TPSA) is 81.5 Å². The summed E-state index contributed by atoms with van der Waals surface area (Å²) in [5.74, 6) is 0.424. The molecule has 1 aliphatic carbocycles. The van der Waals surface area contributed by atoms with Gasteiger partial charge in [-0.3, -0.25) is 14.9 Å². The predicted molar refractivity (Wildman–Crippen MR) is 82.8 cm³/mol. The Kier molecular flexibility index (Phi) is 5.75. The molecular weight excluding hydrogens is 284 g/mol. The van der Waals surface area contributed by atoms with Crippen molar-refractivity contribution in [2.45, 2.75) is 45.1 Å². The summed E-state index contributed by atoms with van der Waals surface area (Å²) in [6, 6.07) is 6.08. The number of rotatable bonds is 6. The van der Waals surface area contributed by atoms with Crippen LogP contribution in [0.15, 0.2) is 24.3 Å². The smallest absolute Gasteiger partial charge is 0.310 e. The Hall–Kier alpha value is -2.11. The van der Waals surface area contributed by atoms with Crippen molar-refractivity contribution < 1.29 is 14.5 Å². The largest absolute Gasteiger partial charge is 0.474 e. The average Bonchev–Trinajstić information content (AvgIpc) is 2.53. The lowest BCUT2D eigenvalue weighted by Gasteiger charge is -2.22. The van der Waals surface area contributed by atoms with E-state index in [1.54, 1.807) is 19.1 Å². The lowest BCUT2D eigenvalue weighted by Crippen LogP contribution is -2.39. The van der Waals surface area contributed by atoms with Gasteiger partial charge in [-0.05, 0) is 31.7 Å². The molecule has 1 aromatic carbocycles. The Bertz CT molecular complexity index is 527. The van der Waals surface area contributed by atoms with Gasteiger partial charge in [-0.15, -0.1) is 0 Å². The van der Waals surface area contributed by atoms with Crippen molar-refractivity contribution in [3.63, 3.8) is 0 Å². The van der Waals surface area contributed by atoms with Gasteiger partial charge in [0.2, 0.25) is 0 Å². The maximum atomic E-state index is 12.1. The minimum absolute atomic E-state index is 0.118. The second-order valence-electron chi connectivity index (χ2n) is 5.73. The molecule has 0 aromatic heterocycles. The molecule has 1 N–H and O–H groups in total. The molecule has 6 heteroatoms. The third kappa shape index (κ3) is 4.44. The maximum Gasteiger partial charge on any atom is 0.310 e. The normalized spacial score (nSPS) is 16.8. The van der Waals surface area contributed by atoms with Gasteiger partial charge in [0.1, 0.15) is 0 Å². The highest BCUT2D eigenvalue weighted by molar-refractivity contribution is 5.80. The van der Waals surface area contributed by atoms with Crippen molar-refractivity contribution in [3.05, 3.63) is 34.4 Å². The SMILES string of the molecule is C[C@@H](Oc1ccccc1[N+](=O)[O-])C(=O)NCC1CCCCC1. The van der Waals surface area contributed by atoms with Crippen LogP contribution in [0.25, 0.3) is 0 Å². The standard InChI is InChI=1S/C16H22N2O4/c1-12(16(19)17-11-13-7-3-2-4-8-13)22-15-10-6-5-9-14(15)18(20)21/h5-6,9-10,12-13H,2-4,7-8,11H2,1H3,(H,17,19)/t12-/m1/s1. The van der Waals surface area contributed by atoms with Crippen LogP contribution >= 0.6 is 0 Å². The molecule has 0 aliphatic heterocycles. The van der Waals surface area contributed by atoms with Crippen molar-refractivity contribution in [2.24, 2.45) is 5.92 Å². The number of hydrogen-bond donors (Lipinski definition) is 1. The molecule has 0 spiro atoms. The zero-order valence-electron chi connectivity index (χ0n) is 12.8. The van der Waals surface area contributed by atoms with Gasteiger partial charge >= 0.3 is 5.69 Å². The lowest BCUT2D eigenvalue weighted by atomic mass is 9.89. The van der Waals surface area contributed by atoms with E-state index in [2.05, 4.69) is 5.32 Å². The van der Waals surface area contributed by atoms with Crippen LogP contribution in [0.2, 0.25) is 0 Å². The number of nitrogens with zero attached hydrogens (tertiary/aromatic N) is 1. The number of nitro benzene ring substituents is 1. The van der Waals surface area contributed by atoms with Crippen LogP contribution in [0, 0.1) is 16.0 Å². The van der Waals surface area contributed by atoms with Gasteiger partial charge in [0.25, 0.3) is 5.91 Å². The van der Waals surface area contributed by atoms with Crippen LogP contribution in [0.5, 0.6) is 5.75 Å². The molecule has 0 saturated heterocycles. The molecule has 1 fully saturated rings. The van der Waals surface area contributed by atoms with E-state index in [0.29, 0.717) is 12.5 Å². The quantitative estimate of drug-likeness (QED) is 0.647. The van der Waals surface area contributed by atoms with Crippen molar-refractivity contribution in [2.75, 3.05) is 6.54 Å². The van der Waals surface area contributed by atoms with E-state index in [9.17, 15) is 14.9 Å². The minimum Gasteiger partial charge on any atom is -0.474 e. The number of ether oxygens (including phenoxy) is 1. The van der Waals surface area contributed by atoms with Crippen LogP contribution < -0.4 is 10.1 Å². The zero-order chi connectivity index (χ0) is 15.9. The molecule has 120 valence electrons. The van der Waals surface area contributed by atoms with Gasteiger partial charge in [0, 0.05) is 12.6 Å². The summed E-state index contributed by atoms with van der Waals surface area (Å²) in [4.78, 5) is 22.5. The van der Waals surface area contributed by atoms with Crippen molar-refractivity contribution in [3.8, 4) is 5.75 Å². The van der Waals surface area contributed by atoms with Crippen molar-refractivity contribution in [1.82, 2.24) is 5.32 Å². The van der Waals surface area contributed by atoms with Crippen LogP contribution in [0.1, 0.15) is 39.0 Å². The monoisotopic (exact) mass is 306 g/mol. The van der Waals surface area contributed by atoms with Crippen LogP contribution in [0.3, 0.4) is 0 Å². The van der Waals surface area contributed by atoms with E-state index >= 15 is 0 Å². The molecular formula is C16H22N2O4. The molecule has 0 radical (unpaired) electrons. The van der Waals surface area contributed by atoms with Gasteiger partial charge < -0.3 is 10.1 Å². The minimum atomic E-state index is -0.760. The van der Waals surface area contributed by atoms with Crippen LogP contribution in [0.4, 0.5) is 5.69 Å². The summed E-state index contributed by atoms with van der Waals surface area (Å²) >= 11 is 0. The molecule has 6 nitrogen and oxygen atoms in total. The van der Waals surface area contributed by atoms with Gasteiger partial charge in [-0.25, -0.2) is 0 Å². The second kappa shape index (κ2) is 7.77. The Morgan fingerprint density at radius 2 is 2.05 bits per heavy atom. The average molecular weight is 306 g/mol. The van der Waals surface area contributed by atoms with Crippen LogP contribution in [-0.2, 0) is 4.79 Å². The number of carbonyl (C=O) groups is 1. The molecule has 22 heavy (non-hydrogen) atoms. The highest BCUT2D eigenvalue weighted by atomic mass is 16.6. The molecule has 0 bridgehead atoms. The molecule has 2 rings (SSSR count). The predicted octanol–water partition coefficient (Wildman–Crippen LogP) is 3.06. The van der Waals surface area contributed by atoms with Gasteiger partial charge in [0.15, 0.2) is 11.9 Å². The number of para-hydroxylation sites is 2. The summed E-state index contributed by atoms with van der Waals surface area (Å²) in [5, 5.41) is 13.8. The van der Waals surface area contributed by atoms with Gasteiger partial charge in [0.05, 0.1) is 4.92 Å². The third-order valence-electron chi connectivity index (χ3n) is 4.02. The Balaban J connectivity index is 1.87. The van der Waals surface area contributed by atoms with Crippen molar-refractivity contribution in [1.29, 1.82) is 0 Å². The van der Waals surface area contributed by atoms with Crippen LogP contribution in [-0.4, -0.2) is 23.5 Å². The summed E-state index contributed by atoms with van der Waals surface area (Å²) < 4.78 is 5.45. The van der Waals surface area contributed by atoms with Gasteiger partial charge in [-0.2, -0.15) is 0 Å². The molecule has 1 aromatic rings. The Morgan fingerprint density at radius 3 is 2.73 bits per heavy atom. The van der Waals surface area contributed by atoms with Gasteiger partial charge in [-0.1, -0.05) is 31.4 Å². The summed E-state index contributed by atoms with van der Waals surface area (Å²) in [5.41, 5.74) is -0.130. The Morgan fingerprint density at radius 1 is 1.36 bits per heavy atom. The number of hydrogen-bond acceptors (Lipinski definition) is 4. The highest BCUT2D eigenvalue weighted by Gasteiger charge is 2.21. The number of carbonyl (C=O) groups excluding carboxylic acids is 1. The van der Waals surface area contributed by atoms with E-state index < -0.39 is 11.0 Å². The fourth-order valence-electron chi connectivity index (χ4n) is 2.73. The first-order chi connectivity index (χ1) is 10.6. The number of benzene rings is 1. The van der Waals surface area contributed by atoms with E-state index in [-0.39, 0.29) is 17.3 Å². The Labute approximate surface area is 130 Å². The molecule has 0 unspecified atom stereocenters. The lowest BCUT2D eigenvalue weighted by molar-refractivity contribution is -0.386.